The Hall–Kier alpha value is -2.06. The lowest BCUT2D eigenvalue weighted by molar-refractivity contribution is -0.394. The number of aliphatic hydroxyl groups is 1. The highest BCUT2D eigenvalue weighted by atomic mass is 16.6. The second kappa shape index (κ2) is 6.59. The molecule has 0 spiro atoms. The number of benzene rings is 1. The molecule has 8 heteroatoms. The third kappa shape index (κ3) is 3.53. The van der Waals surface area contributed by atoms with Gasteiger partial charge in [0.2, 0.25) is 0 Å². The van der Waals surface area contributed by atoms with E-state index >= 15 is 0 Å². The Bertz CT molecular complexity index is 545. The number of aliphatic hydroxyl groups excluding tert-OH is 1. The van der Waals surface area contributed by atoms with Crippen molar-refractivity contribution in [2.45, 2.75) is 31.8 Å². The summed E-state index contributed by atoms with van der Waals surface area (Å²) in [6, 6.07) is 4.03. The second-order valence-electron chi connectivity index (χ2n) is 5.11. The molecule has 2 rings (SSSR count). The van der Waals surface area contributed by atoms with E-state index in [9.17, 15) is 20.2 Å². The molecule has 1 aromatic carbocycles. The van der Waals surface area contributed by atoms with Gasteiger partial charge in [-0.15, -0.1) is 0 Å². The average Bonchev–Trinajstić information content (AvgIpc) is 2.36. The molecule has 1 aliphatic rings. The predicted molar refractivity (Wildman–Crippen MR) is 74.9 cm³/mol. The smallest absolute Gasteiger partial charge is 0.280 e. The summed E-state index contributed by atoms with van der Waals surface area (Å²) in [5, 5.41) is 30.9. The van der Waals surface area contributed by atoms with Gasteiger partial charge in [-0.05, 0) is 18.9 Å². The van der Waals surface area contributed by atoms with Gasteiger partial charge in [0.15, 0.2) is 0 Å². The number of rotatable bonds is 7. The molecule has 0 aliphatic heterocycles. The summed E-state index contributed by atoms with van der Waals surface area (Å²) in [6.07, 6.45) is 3.15. The van der Waals surface area contributed by atoms with Crippen molar-refractivity contribution in [3.8, 4) is 0 Å². The van der Waals surface area contributed by atoms with Gasteiger partial charge in [-0.1, -0.05) is 6.42 Å². The maximum Gasteiger partial charge on any atom is 0.280 e. The van der Waals surface area contributed by atoms with Gasteiger partial charge in [-0.25, -0.2) is 0 Å². The first kappa shape index (κ1) is 15.3. The van der Waals surface area contributed by atoms with Crippen LogP contribution in [-0.4, -0.2) is 39.0 Å². The Labute approximate surface area is 121 Å². The first-order valence-corrected chi connectivity index (χ1v) is 6.79. The van der Waals surface area contributed by atoms with Gasteiger partial charge in [0, 0.05) is 30.8 Å². The van der Waals surface area contributed by atoms with Gasteiger partial charge in [0.05, 0.1) is 22.5 Å². The van der Waals surface area contributed by atoms with E-state index in [1.165, 1.54) is 12.1 Å². The Morgan fingerprint density at radius 3 is 2.43 bits per heavy atom. The fourth-order valence-electron chi connectivity index (χ4n) is 2.46. The minimum Gasteiger partial charge on any atom is -0.395 e. The average molecular weight is 295 g/mol. The van der Waals surface area contributed by atoms with E-state index in [2.05, 4.69) is 0 Å². The molecular weight excluding hydrogens is 278 g/mol. The fraction of sp³-hybridized carbons (Fsp3) is 0.538. The molecule has 1 saturated carbocycles. The highest BCUT2D eigenvalue weighted by Gasteiger charge is 2.27. The number of nitrogens with zero attached hydrogens (tertiary/aromatic N) is 3. The fourth-order valence-corrected chi connectivity index (χ4v) is 2.46. The van der Waals surface area contributed by atoms with Gasteiger partial charge in [0.25, 0.3) is 11.4 Å². The van der Waals surface area contributed by atoms with Crippen molar-refractivity contribution in [2.75, 3.05) is 13.2 Å². The molecule has 21 heavy (non-hydrogen) atoms. The third-order valence-electron chi connectivity index (χ3n) is 3.83. The van der Waals surface area contributed by atoms with Crippen molar-refractivity contribution in [2.24, 2.45) is 0 Å². The first-order valence-electron chi connectivity index (χ1n) is 6.79. The summed E-state index contributed by atoms with van der Waals surface area (Å²) in [5.74, 6) is 0. The standard InChI is InChI=1S/C13H17N3O5/c17-7-6-14(11-2-1-3-11)9-10-4-5-12(15(18)19)8-13(10)16(20)21/h4-5,8,11,17H,1-3,6-7,9H2. The zero-order chi connectivity index (χ0) is 15.4. The zero-order valence-corrected chi connectivity index (χ0v) is 11.5. The van der Waals surface area contributed by atoms with Crippen LogP contribution in [0.5, 0.6) is 0 Å². The molecule has 0 saturated heterocycles. The molecule has 0 bridgehead atoms. The molecule has 0 heterocycles. The molecule has 0 amide bonds. The molecule has 8 nitrogen and oxygen atoms in total. The van der Waals surface area contributed by atoms with Crippen LogP contribution >= 0.6 is 0 Å². The molecule has 114 valence electrons. The van der Waals surface area contributed by atoms with Crippen molar-refractivity contribution >= 4 is 11.4 Å². The summed E-state index contributed by atoms with van der Waals surface area (Å²) >= 11 is 0. The number of non-ortho nitro benzene ring substituents is 1. The molecule has 1 fully saturated rings. The Morgan fingerprint density at radius 1 is 1.24 bits per heavy atom. The van der Waals surface area contributed by atoms with Crippen LogP contribution in [0.4, 0.5) is 11.4 Å². The quantitative estimate of drug-likeness (QED) is 0.607. The van der Waals surface area contributed by atoms with E-state index in [4.69, 9.17) is 5.11 Å². The lowest BCUT2D eigenvalue weighted by Crippen LogP contribution is -2.41. The van der Waals surface area contributed by atoms with Crippen LogP contribution in [-0.2, 0) is 6.54 Å². The lowest BCUT2D eigenvalue weighted by Gasteiger charge is -2.37. The summed E-state index contributed by atoms with van der Waals surface area (Å²) in [6.45, 7) is 0.746. The van der Waals surface area contributed by atoms with Crippen molar-refractivity contribution < 1.29 is 15.0 Å². The molecule has 0 radical (unpaired) electrons. The van der Waals surface area contributed by atoms with Gasteiger partial charge in [0.1, 0.15) is 0 Å². The second-order valence-corrected chi connectivity index (χ2v) is 5.11. The van der Waals surface area contributed by atoms with E-state index in [-0.39, 0.29) is 18.0 Å². The summed E-state index contributed by atoms with van der Waals surface area (Å²) in [7, 11) is 0. The molecule has 1 N–H and O–H groups in total. The minimum atomic E-state index is -0.645. The minimum absolute atomic E-state index is 0.0166. The van der Waals surface area contributed by atoms with Gasteiger partial charge in [-0.2, -0.15) is 0 Å². The zero-order valence-electron chi connectivity index (χ0n) is 11.5. The van der Waals surface area contributed by atoms with E-state index < -0.39 is 9.85 Å². The van der Waals surface area contributed by atoms with E-state index in [0.717, 1.165) is 25.3 Å². The van der Waals surface area contributed by atoms with Crippen molar-refractivity contribution in [1.29, 1.82) is 0 Å². The van der Waals surface area contributed by atoms with E-state index in [1.807, 2.05) is 4.90 Å². The molecule has 0 atom stereocenters. The van der Waals surface area contributed by atoms with Gasteiger partial charge < -0.3 is 5.11 Å². The summed E-state index contributed by atoms with van der Waals surface area (Å²) in [5.41, 5.74) is -0.0970. The van der Waals surface area contributed by atoms with Crippen molar-refractivity contribution in [3.05, 3.63) is 44.0 Å². The van der Waals surface area contributed by atoms with Crippen LogP contribution in [0.1, 0.15) is 24.8 Å². The Morgan fingerprint density at radius 2 is 1.95 bits per heavy atom. The molecular formula is C13H17N3O5. The SMILES string of the molecule is O=[N+]([O-])c1ccc(CN(CCO)C2CCC2)c([N+](=O)[O-])c1. The largest absolute Gasteiger partial charge is 0.395 e. The molecule has 1 aromatic rings. The van der Waals surface area contributed by atoms with Crippen LogP contribution in [0.2, 0.25) is 0 Å². The van der Waals surface area contributed by atoms with Crippen LogP contribution in [0.15, 0.2) is 18.2 Å². The van der Waals surface area contributed by atoms with Crippen LogP contribution in [0.25, 0.3) is 0 Å². The first-order chi connectivity index (χ1) is 10.0. The van der Waals surface area contributed by atoms with Crippen LogP contribution in [0, 0.1) is 20.2 Å². The maximum absolute atomic E-state index is 11.1. The molecule has 0 aromatic heterocycles. The summed E-state index contributed by atoms with van der Waals surface area (Å²) in [4.78, 5) is 22.6. The highest BCUT2D eigenvalue weighted by Crippen LogP contribution is 2.30. The Balaban J connectivity index is 2.24. The van der Waals surface area contributed by atoms with Crippen molar-refractivity contribution in [3.63, 3.8) is 0 Å². The van der Waals surface area contributed by atoms with Crippen molar-refractivity contribution in [1.82, 2.24) is 4.90 Å². The molecule has 0 unspecified atom stereocenters. The lowest BCUT2D eigenvalue weighted by atomic mass is 9.91. The predicted octanol–water partition coefficient (Wildman–Crippen LogP) is 1.85. The van der Waals surface area contributed by atoms with Crippen LogP contribution < -0.4 is 0 Å². The third-order valence-corrected chi connectivity index (χ3v) is 3.83. The van der Waals surface area contributed by atoms with E-state index in [1.54, 1.807) is 0 Å². The van der Waals surface area contributed by atoms with Crippen LogP contribution in [0.3, 0.4) is 0 Å². The highest BCUT2D eigenvalue weighted by molar-refractivity contribution is 5.49. The monoisotopic (exact) mass is 295 g/mol. The van der Waals surface area contributed by atoms with E-state index in [0.29, 0.717) is 24.7 Å². The maximum atomic E-state index is 11.1. The number of hydrogen-bond acceptors (Lipinski definition) is 6. The Kier molecular flexibility index (Phi) is 4.81. The summed E-state index contributed by atoms with van der Waals surface area (Å²) < 4.78 is 0. The number of hydrogen-bond donors (Lipinski definition) is 1. The topological polar surface area (TPSA) is 110 Å². The number of nitro benzene ring substituents is 2. The van der Waals surface area contributed by atoms with Gasteiger partial charge in [-0.3, -0.25) is 25.1 Å². The molecule has 1 aliphatic carbocycles. The number of nitro groups is 2. The normalized spacial score (nSPS) is 15.0. The van der Waals surface area contributed by atoms with Gasteiger partial charge >= 0.3 is 0 Å².